The van der Waals surface area contributed by atoms with Crippen molar-refractivity contribution in [2.45, 2.75) is 19.1 Å². The number of carboxylic acid groups (broad SMARTS) is 1. The first-order valence-corrected chi connectivity index (χ1v) is 7.28. The maximum absolute atomic E-state index is 11.8. The van der Waals surface area contributed by atoms with Gasteiger partial charge in [0, 0.05) is 12.6 Å². The lowest BCUT2D eigenvalue weighted by atomic mass is 10.1. The maximum atomic E-state index is 11.8. The minimum absolute atomic E-state index is 0.182. The third-order valence-corrected chi connectivity index (χ3v) is 4.01. The van der Waals surface area contributed by atoms with Gasteiger partial charge in [0.1, 0.15) is 0 Å². The van der Waals surface area contributed by atoms with Crippen molar-refractivity contribution in [3.63, 3.8) is 0 Å². The van der Waals surface area contributed by atoms with Crippen LogP contribution < -0.4 is 10.0 Å². The minimum atomic E-state index is -4.02. The molecule has 1 rings (SSSR count). The largest absolute Gasteiger partial charge is 0.478 e. The fraction of sp³-hybridized carbons (Fsp3) is 0.250. The number of carbonyl (C=O) groups is 2. The number of carboxylic acids is 1. The first-order chi connectivity index (χ1) is 9.67. The summed E-state index contributed by atoms with van der Waals surface area (Å²) in [5.74, 6) is -1.76. The minimum Gasteiger partial charge on any atom is -0.478 e. The summed E-state index contributed by atoms with van der Waals surface area (Å²) in [7, 11) is -4.02. The van der Waals surface area contributed by atoms with Crippen LogP contribution in [0.3, 0.4) is 0 Å². The van der Waals surface area contributed by atoms with E-state index in [4.69, 9.17) is 10.4 Å². The van der Waals surface area contributed by atoms with Gasteiger partial charge in [0.25, 0.3) is 0 Å². The first kappa shape index (κ1) is 16.5. The number of aromatic carboxylic acids is 1. The van der Waals surface area contributed by atoms with Crippen molar-refractivity contribution < 1.29 is 23.1 Å². The average Bonchev–Trinajstić information content (AvgIpc) is 2.38. The van der Waals surface area contributed by atoms with Crippen molar-refractivity contribution >= 4 is 33.3 Å². The average molecular weight is 311 g/mol. The quantitative estimate of drug-likeness (QED) is 0.742. The lowest BCUT2D eigenvalue weighted by Crippen LogP contribution is -2.25. The smallest absolute Gasteiger partial charge is 0.337 e. The second-order valence-electron chi connectivity index (χ2n) is 4.17. The van der Waals surface area contributed by atoms with E-state index in [2.05, 4.69) is 10.0 Å². The number of benzene rings is 1. The van der Waals surface area contributed by atoms with Gasteiger partial charge in [0.2, 0.25) is 15.9 Å². The fourth-order valence-corrected chi connectivity index (χ4v) is 2.20. The zero-order chi connectivity index (χ0) is 16.2. The van der Waals surface area contributed by atoms with Crippen molar-refractivity contribution in [3.8, 4) is 6.07 Å². The van der Waals surface area contributed by atoms with Gasteiger partial charge in [-0.2, -0.15) is 5.26 Å². The molecular formula is C12H13N3O5S. The van der Waals surface area contributed by atoms with Crippen LogP contribution in [-0.2, 0) is 14.8 Å². The Kier molecular flexibility index (Phi) is 4.88. The predicted octanol–water partition coefficient (Wildman–Crippen LogP) is 0.997. The molecule has 0 spiro atoms. The molecule has 1 aromatic carbocycles. The topological polar surface area (TPSA) is 136 Å². The summed E-state index contributed by atoms with van der Waals surface area (Å²) in [4.78, 5) is 22.1. The van der Waals surface area contributed by atoms with Gasteiger partial charge in [0.15, 0.2) is 5.25 Å². The van der Waals surface area contributed by atoms with Gasteiger partial charge in [-0.15, -0.1) is 0 Å². The van der Waals surface area contributed by atoms with Crippen molar-refractivity contribution in [2.75, 3.05) is 10.0 Å². The number of nitrogens with one attached hydrogen (secondary N) is 2. The molecule has 1 atom stereocenters. The van der Waals surface area contributed by atoms with Crippen LogP contribution in [0.4, 0.5) is 11.4 Å². The Morgan fingerprint density at radius 3 is 2.48 bits per heavy atom. The summed E-state index contributed by atoms with van der Waals surface area (Å²) in [6, 6.07) is 5.24. The SMILES string of the molecule is CC(=O)Nc1ccc(NS(=O)(=O)C(C)C#N)c(C(=O)O)c1. The number of nitriles is 1. The highest BCUT2D eigenvalue weighted by atomic mass is 32.2. The van der Waals surface area contributed by atoms with Crippen LogP contribution >= 0.6 is 0 Å². The molecule has 0 aliphatic heterocycles. The molecule has 0 heterocycles. The predicted molar refractivity (Wildman–Crippen MR) is 75.3 cm³/mol. The second kappa shape index (κ2) is 6.23. The number of hydrogen-bond donors (Lipinski definition) is 3. The molecule has 3 N–H and O–H groups in total. The standard InChI is InChI=1S/C12H13N3O5S/c1-7(6-13)21(19,20)15-11-4-3-9(14-8(2)16)5-10(11)12(17)18/h3-5,7,15H,1-2H3,(H,14,16)(H,17,18). The first-order valence-electron chi connectivity index (χ1n) is 5.73. The monoisotopic (exact) mass is 311 g/mol. The van der Waals surface area contributed by atoms with Gasteiger partial charge in [0.05, 0.1) is 17.3 Å². The van der Waals surface area contributed by atoms with E-state index in [1.54, 1.807) is 6.07 Å². The Bertz CT molecular complexity index is 721. The van der Waals surface area contributed by atoms with E-state index in [1.807, 2.05) is 0 Å². The molecule has 0 bridgehead atoms. The van der Waals surface area contributed by atoms with E-state index in [0.29, 0.717) is 0 Å². The molecule has 0 saturated carbocycles. The van der Waals surface area contributed by atoms with Crippen molar-refractivity contribution in [1.29, 1.82) is 5.26 Å². The molecule has 1 unspecified atom stereocenters. The van der Waals surface area contributed by atoms with Crippen LogP contribution in [0.5, 0.6) is 0 Å². The van der Waals surface area contributed by atoms with Crippen LogP contribution in [0.25, 0.3) is 0 Å². The number of amides is 1. The molecule has 9 heteroatoms. The van der Waals surface area contributed by atoms with E-state index < -0.39 is 27.1 Å². The van der Waals surface area contributed by atoms with Crippen LogP contribution in [0, 0.1) is 11.3 Å². The van der Waals surface area contributed by atoms with Crippen LogP contribution in [0.1, 0.15) is 24.2 Å². The summed E-state index contributed by atoms with van der Waals surface area (Å²) in [5, 5.41) is 18.8. The number of carbonyl (C=O) groups excluding carboxylic acids is 1. The van der Waals surface area contributed by atoms with Gasteiger partial charge < -0.3 is 10.4 Å². The molecule has 0 aliphatic carbocycles. The Balaban J connectivity index is 3.23. The Labute approximate surface area is 121 Å². The highest BCUT2D eigenvalue weighted by Crippen LogP contribution is 2.22. The number of sulfonamides is 1. The molecule has 0 radical (unpaired) electrons. The number of hydrogen-bond acceptors (Lipinski definition) is 5. The van der Waals surface area contributed by atoms with E-state index in [0.717, 1.165) is 6.07 Å². The summed E-state index contributed by atoms with van der Waals surface area (Å²) in [5.41, 5.74) is -0.301. The molecule has 0 aliphatic rings. The summed E-state index contributed by atoms with van der Waals surface area (Å²) >= 11 is 0. The lowest BCUT2D eigenvalue weighted by molar-refractivity contribution is -0.114. The molecule has 1 amide bonds. The van der Waals surface area contributed by atoms with Crippen molar-refractivity contribution in [3.05, 3.63) is 23.8 Å². The Morgan fingerprint density at radius 2 is 2.00 bits per heavy atom. The van der Waals surface area contributed by atoms with Crippen molar-refractivity contribution in [1.82, 2.24) is 0 Å². The fourth-order valence-electron chi connectivity index (χ4n) is 1.40. The molecule has 112 valence electrons. The zero-order valence-corrected chi connectivity index (χ0v) is 12.1. The van der Waals surface area contributed by atoms with Gasteiger partial charge in [-0.05, 0) is 25.1 Å². The third kappa shape index (κ3) is 4.19. The lowest BCUT2D eigenvalue weighted by Gasteiger charge is -2.13. The molecule has 21 heavy (non-hydrogen) atoms. The number of nitrogens with zero attached hydrogens (tertiary/aromatic N) is 1. The van der Waals surface area contributed by atoms with Gasteiger partial charge in [-0.1, -0.05) is 0 Å². The number of anilines is 2. The zero-order valence-electron chi connectivity index (χ0n) is 11.2. The third-order valence-electron chi connectivity index (χ3n) is 2.47. The summed E-state index contributed by atoms with van der Waals surface area (Å²) < 4.78 is 25.6. The van der Waals surface area contributed by atoms with E-state index >= 15 is 0 Å². The van der Waals surface area contributed by atoms with E-state index in [-0.39, 0.29) is 16.9 Å². The van der Waals surface area contributed by atoms with E-state index in [9.17, 15) is 18.0 Å². The second-order valence-corrected chi connectivity index (χ2v) is 6.17. The molecular weight excluding hydrogens is 298 g/mol. The van der Waals surface area contributed by atoms with Gasteiger partial charge in [-0.3, -0.25) is 9.52 Å². The van der Waals surface area contributed by atoms with Gasteiger partial charge in [-0.25, -0.2) is 13.2 Å². The van der Waals surface area contributed by atoms with Gasteiger partial charge >= 0.3 is 5.97 Å². The Hall–Kier alpha value is -2.60. The molecule has 8 nitrogen and oxygen atoms in total. The summed E-state index contributed by atoms with van der Waals surface area (Å²) in [6.07, 6.45) is 0. The summed E-state index contributed by atoms with van der Waals surface area (Å²) in [6.45, 7) is 2.43. The van der Waals surface area contributed by atoms with Crippen LogP contribution in [0.2, 0.25) is 0 Å². The number of rotatable bonds is 5. The van der Waals surface area contributed by atoms with E-state index in [1.165, 1.54) is 26.0 Å². The van der Waals surface area contributed by atoms with Crippen LogP contribution in [0.15, 0.2) is 18.2 Å². The molecule has 1 aromatic rings. The maximum Gasteiger partial charge on any atom is 0.337 e. The highest BCUT2D eigenvalue weighted by Gasteiger charge is 2.23. The molecule has 0 aromatic heterocycles. The highest BCUT2D eigenvalue weighted by molar-refractivity contribution is 7.93. The molecule has 0 saturated heterocycles. The van der Waals surface area contributed by atoms with Crippen LogP contribution in [-0.4, -0.2) is 30.7 Å². The normalized spacial score (nSPS) is 12.0. The Morgan fingerprint density at radius 1 is 1.38 bits per heavy atom. The van der Waals surface area contributed by atoms with Crippen molar-refractivity contribution in [2.24, 2.45) is 0 Å². The molecule has 0 fully saturated rings.